The number of rotatable bonds is 4. The van der Waals surface area contributed by atoms with E-state index in [2.05, 4.69) is 35.2 Å². The van der Waals surface area contributed by atoms with Crippen molar-refractivity contribution in [2.24, 2.45) is 0 Å². The van der Waals surface area contributed by atoms with Crippen molar-refractivity contribution in [3.8, 4) is 0 Å². The van der Waals surface area contributed by atoms with Crippen LogP contribution < -0.4 is 0 Å². The second kappa shape index (κ2) is 10.2. The average Bonchev–Trinajstić information content (AvgIpc) is 2.69. The molecule has 0 spiro atoms. The Balaban J connectivity index is 1.78. The summed E-state index contributed by atoms with van der Waals surface area (Å²) in [4.78, 5) is 0. The highest BCUT2D eigenvalue weighted by Gasteiger charge is 2.28. The molecular weight excluding hydrogens is 273 g/mol. The lowest BCUT2D eigenvalue weighted by Crippen LogP contribution is -2.32. The summed E-state index contributed by atoms with van der Waals surface area (Å²) >= 11 is 0. The SMILES string of the molecule is CC1([B][B][B]C2(C)CCCCCCCC2)CCCCCCCC1. The molecule has 2 rings (SSSR count). The molecular formula is C20H38B3. The van der Waals surface area contributed by atoms with E-state index in [9.17, 15) is 0 Å². The zero-order valence-corrected chi connectivity index (χ0v) is 16.0. The molecule has 3 heteroatoms. The molecule has 0 aromatic rings. The van der Waals surface area contributed by atoms with E-state index in [0.717, 1.165) is 0 Å². The van der Waals surface area contributed by atoms with Crippen molar-refractivity contribution >= 4 is 21.4 Å². The lowest BCUT2D eigenvalue weighted by molar-refractivity contribution is 0.483. The Labute approximate surface area is 149 Å². The molecule has 0 aromatic heterocycles. The van der Waals surface area contributed by atoms with Gasteiger partial charge in [0, 0.05) is 7.06 Å². The van der Waals surface area contributed by atoms with Crippen LogP contribution in [-0.2, 0) is 0 Å². The molecule has 0 unspecified atom stereocenters. The second-order valence-corrected chi connectivity index (χ2v) is 9.08. The van der Waals surface area contributed by atoms with E-state index in [1.807, 2.05) is 0 Å². The van der Waals surface area contributed by atoms with E-state index in [4.69, 9.17) is 0 Å². The molecule has 2 fully saturated rings. The summed E-state index contributed by atoms with van der Waals surface area (Å²) in [7, 11) is 7.63. The lowest BCUT2D eigenvalue weighted by Gasteiger charge is -2.33. The fourth-order valence-corrected chi connectivity index (χ4v) is 4.63. The van der Waals surface area contributed by atoms with Gasteiger partial charge < -0.3 is 0 Å². The molecule has 23 heavy (non-hydrogen) atoms. The Morgan fingerprint density at radius 3 is 1.00 bits per heavy atom. The first-order valence-corrected chi connectivity index (χ1v) is 10.7. The van der Waals surface area contributed by atoms with Gasteiger partial charge in [0.1, 0.15) is 0 Å². The topological polar surface area (TPSA) is 0 Å². The fourth-order valence-electron chi connectivity index (χ4n) is 4.63. The maximum Gasteiger partial charge on any atom is 0.0635 e. The quantitative estimate of drug-likeness (QED) is 0.516. The first kappa shape index (κ1) is 19.5. The maximum absolute atomic E-state index is 2.58. The van der Waals surface area contributed by atoms with Gasteiger partial charge in [0.15, 0.2) is 0 Å². The van der Waals surface area contributed by atoms with E-state index in [-0.39, 0.29) is 0 Å². The minimum absolute atomic E-state index is 0.454. The molecule has 0 amide bonds. The molecule has 0 saturated heterocycles. The van der Waals surface area contributed by atoms with Crippen LogP contribution in [0.3, 0.4) is 0 Å². The Morgan fingerprint density at radius 1 is 0.435 bits per heavy atom. The third kappa shape index (κ3) is 7.74. The van der Waals surface area contributed by atoms with Gasteiger partial charge in [-0.15, -0.1) is 0 Å². The predicted octanol–water partition coefficient (Wildman–Crippen LogP) is 6.56. The van der Waals surface area contributed by atoms with Crippen molar-refractivity contribution in [3.05, 3.63) is 0 Å². The van der Waals surface area contributed by atoms with Crippen molar-refractivity contribution in [3.63, 3.8) is 0 Å². The van der Waals surface area contributed by atoms with Gasteiger partial charge in [-0.25, -0.2) is 0 Å². The highest BCUT2D eigenvalue weighted by atomic mass is 14.2. The van der Waals surface area contributed by atoms with Crippen LogP contribution in [0.1, 0.15) is 117 Å². The van der Waals surface area contributed by atoms with Gasteiger partial charge in [-0.2, -0.15) is 0 Å². The molecule has 127 valence electrons. The minimum Gasteiger partial charge on any atom is -0.0696 e. The maximum atomic E-state index is 2.58. The average molecular weight is 311 g/mol. The summed E-state index contributed by atoms with van der Waals surface area (Å²) in [5, 5.41) is 0.908. The van der Waals surface area contributed by atoms with Crippen LogP contribution in [-0.4, -0.2) is 21.4 Å². The zero-order valence-electron chi connectivity index (χ0n) is 16.0. The van der Waals surface area contributed by atoms with Crippen molar-refractivity contribution < 1.29 is 0 Å². The van der Waals surface area contributed by atoms with Crippen LogP contribution >= 0.6 is 0 Å². The Morgan fingerprint density at radius 2 is 0.696 bits per heavy atom. The van der Waals surface area contributed by atoms with E-state index in [0.29, 0.717) is 10.6 Å². The zero-order chi connectivity index (χ0) is 16.4. The second-order valence-electron chi connectivity index (χ2n) is 9.08. The first-order chi connectivity index (χ1) is 11.1. The molecule has 0 aliphatic heterocycles. The van der Waals surface area contributed by atoms with Crippen molar-refractivity contribution in [1.82, 2.24) is 0 Å². The molecule has 0 nitrogen and oxygen atoms in total. The smallest absolute Gasteiger partial charge is 0.0635 e. The van der Waals surface area contributed by atoms with Crippen molar-refractivity contribution in [2.75, 3.05) is 0 Å². The van der Waals surface area contributed by atoms with Crippen LogP contribution in [0.25, 0.3) is 0 Å². The van der Waals surface area contributed by atoms with Crippen LogP contribution in [0.15, 0.2) is 0 Å². The van der Waals surface area contributed by atoms with Crippen molar-refractivity contribution in [1.29, 1.82) is 0 Å². The number of hydrogen-bond acceptors (Lipinski definition) is 0. The first-order valence-electron chi connectivity index (χ1n) is 10.7. The number of hydrogen-bond donors (Lipinski definition) is 0. The molecule has 2 aliphatic rings. The molecule has 0 aromatic carbocycles. The highest BCUT2D eigenvalue weighted by molar-refractivity contribution is 7.30. The molecule has 0 heterocycles. The molecule has 0 bridgehead atoms. The minimum atomic E-state index is 0.454. The predicted molar refractivity (Wildman–Crippen MR) is 108 cm³/mol. The van der Waals surface area contributed by atoms with Gasteiger partial charge in [0.05, 0.1) is 14.3 Å². The largest absolute Gasteiger partial charge is 0.0696 e. The van der Waals surface area contributed by atoms with E-state index < -0.39 is 0 Å². The Kier molecular flexibility index (Phi) is 8.69. The van der Waals surface area contributed by atoms with Gasteiger partial charge in [-0.05, 0) is 0 Å². The summed E-state index contributed by atoms with van der Waals surface area (Å²) in [5.41, 5.74) is 0. The van der Waals surface area contributed by atoms with Crippen LogP contribution in [0.5, 0.6) is 0 Å². The van der Waals surface area contributed by atoms with E-state index in [1.54, 1.807) is 0 Å². The van der Waals surface area contributed by atoms with Gasteiger partial charge >= 0.3 is 0 Å². The van der Waals surface area contributed by atoms with E-state index in [1.165, 1.54) is 103 Å². The lowest BCUT2D eigenvalue weighted by atomic mass is 9.09. The molecule has 0 N–H and O–H groups in total. The summed E-state index contributed by atoms with van der Waals surface area (Å²) in [6, 6.07) is 0. The van der Waals surface area contributed by atoms with Crippen LogP contribution in [0.2, 0.25) is 10.6 Å². The normalized spacial score (nSPS) is 26.3. The van der Waals surface area contributed by atoms with Crippen molar-refractivity contribution in [2.45, 2.75) is 127 Å². The van der Waals surface area contributed by atoms with Gasteiger partial charge in [0.2, 0.25) is 0 Å². The summed E-state index contributed by atoms with van der Waals surface area (Å²) in [5.74, 6) is 0. The Bertz CT molecular complexity index is 266. The molecule has 2 aliphatic carbocycles. The van der Waals surface area contributed by atoms with Crippen LogP contribution in [0.4, 0.5) is 0 Å². The van der Waals surface area contributed by atoms with Gasteiger partial charge in [-0.1, -0.05) is 127 Å². The van der Waals surface area contributed by atoms with Crippen LogP contribution in [0, 0.1) is 0 Å². The third-order valence-corrected chi connectivity index (χ3v) is 6.49. The van der Waals surface area contributed by atoms with Gasteiger partial charge in [0.25, 0.3) is 0 Å². The third-order valence-electron chi connectivity index (χ3n) is 6.49. The molecule has 0 atom stereocenters. The molecule has 3 radical (unpaired) electrons. The fraction of sp³-hybridized carbons (Fsp3) is 1.00. The monoisotopic (exact) mass is 311 g/mol. The Hall–Kier alpha value is 0.195. The summed E-state index contributed by atoms with van der Waals surface area (Å²) in [6.07, 6.45) is 22.9. The highest BCUT2D eigenvalue weighted by Crippen LogP contribution is 2.41. The standard InChI is InChI=1S/C20H38B3/c1-19(15-11-7-3-4-8-12-16-19)21-23-22-20(2)17-13-9-5-6-10-14-18-20/h3-18H2,1-2H3. The summed E-state index contributed by atoms with van der Waals surface area (Å²) in [6.45, 7) is 5.02. The van der Waals surface area contributed by atoms with E-state index >= 15 is 0 Å². The molecule has 2 saturated carbocycles. The van der Waals surface area contributed by atoms with Gasteiger partial charge in [-0.3, -0.25) is 0 Å². The summed E-state index contributed by atoms with van der Waals surface area (Å²) < 4.78 is 0.